The number of benzene rings is 1. The van der Waals surface area contributed by atoms with Gasteiger partial charge >= 0.3 is 0 Å². The van der Waals surface area contributed by atoms with Crippen LogP contribution in [-0.2, 0) is 18.3 Å². The van der Waals surface area contributed by atoms with Crippen molar-refractivity contribution in [2.24, 2.45) is 7.05 Å². The SMILES string of the molecule is Cc1nn(C)c2ncc(C(=O)N3CCCN(CC(=O)NCCc4ccccc4)CC3)c(SC(C)C)c12. The van der Waals surface area contributed by atoms with Crippen molar-refractivity contribution < 1.29 is 9.59 Å². The second-order valence-electron chi connectivity index (χ2n) is 9.58. The number of amides is 2. The number of nitrogens with one attached hydrogen (secondary N) is 1. The summed E-state index contributed by atoms with van der Waals surface area (Å²) in [7, 11) is 1.88. The van der Waals surface area contributed by atoms with Gasteiger partial charge in [-0.15, -0.1) is 11.8 Å². The number of hydrogen-bond donors (Lipinski definition) is 1. The molecule has 0 atom stereocenters. The van der Waals surface area contributed by atoms with E-state index in [2.05, 4.69) is 46.3 Å². The molecule has 8 nitrogen and oxygen atoms in total. The van der Waals surface area contributed by atoms with E-state index in [0.29, 0.717) is 43.5 Å². The Labute approximate surface area is 217 Å². The Morgan fingerprint density at radius 1 is 1.11 bits per heavy atom. The number of aryl methyl sites for hydroxylation is 2. The second kappa shape index (κ2) is 11.9. The Bertz CT molecular complexity index is 1210. The molecule has 1 fully saturated rings. The fourth-order valence-corrected chi connectivity index (χ4v) is 5.74. The van der Waals surface area contributed by atoms with Crippen LogP contribution in [-0.4, -0.2) is 80.9 Å². The summed E-state index contributed by atoms with van der Waals surface area (Å²) in [5, 5.41) is 8.85. The van der Waals surface area contributed by atoms with Gasteiger partial charge < -0.3 is 10.2 Å². The molecule has 0 saturated carbocycles. The topological polar surface area (TPSA) is 83.4 Å². The van der Waals surface area contributed by atoms with Gasteiger partial charge in [-0.25, -0.2) is 4.98 Å². The zero-order valence-corrected chi connectivity index (χ0v) is 22.5. The fourth-order valence-electron chi connectivity index (χ4n) is 4.64. The zero-order chi connectivity index (χ0) is 25.7. The van der Waals surface area contributed by atoms with Gasteiger partial charge in [0, 0.05) is 56.1 Å². The van der Waals surface area contributed by atoms with Crippen LogP contribution in [0.3, 0.4) is 0 Å². The van der Waals surface area contributed by atoms with E-state index in [1.165, 1.54) is 5.56 Å². The first-order chi connectivity index (χ1) is 17.3. The number of pyridine rings is 1. The van der Waals surface area contributed by atoms with Crippen molar-refractivity contribution >= 4 is 34.6 Å². The summed E-state index contributed by atoms with van der Waals surface area (Å²) in [6.45, 7) is 9.93. The van der Waals surface area contributed by atoms with E-state index < -0.39 is 0 Å². The Kier molecular flexibility index (Phi) is 8.64. The third kappa shape index (κ3) is 6.25. The summed E-state index contributed by atoms with van der Waals surface area (Å²) >= 11 is 1.69. The molecule has 0 bridgehead atoms. The highest BCUT2D eigenvalue weighted by Gasteiger charge is 2.26. The maximum atomic E-state index is 13.7. The zero-order valence-electron chi connectivity index (χ0n) is 21.7. The van der Waals surface area contributed by atoms with E-state index in [4.69, 9.17) is 0 Å². The average Bonchev–Trinajstić information content (AvgIpc) is 2.99. The first-order valence-corrected chi connectivity index (χ1v) is 13.5. The van der Waals surface area contributed by atoms with Crippen LogP contribution >= 0.6 is 11.8 Å². The Balaban J connectivity index is 1.38. The van der Waals surface area contributed by atoms with E-state index in [-0.39, 0.29) is 11.8 Å². The molecular weight excluding hydrogens is 472 g/mol. The highest BCUT2D eigenvalue weighted by atomic mass is 32.2. The standard InChI is InChI=1S/C27H36N6O2S/c1-19(2)36-25-22(17-29-26-24(25)20(3)30-31(26)4)27(35)33-14-8-13-32(15-16-33)18-23(34)28-12-11-21-9-6-5-7-10-21/h5-7,9-10,17,19H,8,11-16,18H2,1-4H3,(H,28,34). The molecule has 1 saturated heterocycles. The summed E-state index contributed by atoms with van der Waals surface area (Å²) in [5.41, 5.74) is 3.54. The van der Waals surface area contributed by atoms with Gasteiger partial charge in [-0.2, -0.15) is 5.10 Å². The van der Waals surface area contributed by atoms with Gasteiger partial charge in [-0.05, 0) is 25.3 Å². The van der Waals surface area contributed by atoms with Gasteiger partial charge in [0.05, 0.1) is 23.2 Å². The molecule has 36 heavy (non-hydrogen) atoms. The molecule has 3 aromatic rings. The summed E-state index contributed by atoms with van der Waals surface area (Å²) in [6, 6.07) is 10.2. The van der Waals surface area contributed by atoms with Crippen molar-refractivity contribution in [2.45, 2.75) is 43.8 Å². The van der Waals surface area contributed by atoms with Crippen LogP contribution < -0.4 is 5.32 Å². The minimum Gasteiger partial charge on any atom is -0.355 e. The van der Waals surface area contributed by atoms with Crippen molar-refractivity contribution in [1.29, 1.82) is 0 Å². The maximum absolute atomic E-state index is 13.7. The van der Waals surface area contributed by atoms with Crippen LogP contribution in [0.1, 0.15) is 41.9 Å². The van der Waals surface area contributed by atoms with Gasteiger partial charge in [0.15, 0.2) is 5.65 Å². The quantitative estimate of drug-likeness (QED) is 0.470. The smallest absolute Gasteiger partial charge is 0.256 e. The number of hydrogen-bond acceptors (Lipinski definition) is 6. The molecule has 192 valence electrons. The van der Waals surface area contributed by atoms with Gasteiger partial charge in [0.2, 0.25) is 5.91 Å². The van der Waals surface area contributed by atoms with Crippen LogP contribution in [0.2, 0.25) is 0 Å². The molecule has 1 aliphatic heterocycles. The number of rotatable bonds is 8. The molecule has 9 heteroatoms. The van der Waals surface area contributed by atoms with E-state index >= 15 is 0 Å². The lowest BCUT2D eigenvalue weighted by Crippen LogP contribution is -2.40. The number of nitrogens with zero attached hydrogens (tertiary/aromatic N) is 5. The lowest BCUT2D eigenvalue weighted by Gasteiger charge is -2.23. The third-order valence-electron chi connectivity index (χ3n) is 6.39. The molecule has 0 unspecified atom stereocenters. The number of carbonyl (C=O) groups is 2. The molecular formula is C27H36N6O2S. The van der Waals surface area contributed by atoms with Crippen molar-refractivity contribution in [2.75, 3.05) is 39.3 Å². The minimum atomic E-state index is 0.00460. The highest BCUT2D eigenvalue weighted by molar-refractivity contribution is 8.00. The maximum Gasteiger partial charge on any atom is 0.256 e. The highest BCUT2D eigenvalue weighted by Crippen LogP contribution is 2.35. The normalized spacial score (nSPS) is 14.9. The first kappa shape index (κ1) is 26.2. The van der Waals surface area contributed by atoms with Crippen LogP contribution in [0.25, 0.3) is 11.0 Å². The molecule has 0 spiro atoms. The van der Waals surface area contributed by atoms with Gasteiger partial charge in [0.25, 0.3) is 5.91 Å². The third-order valence-corrected chi connectivity index (χ3v) is 7.52. The molecule has 1 aliphatic rings. The first-order valence-electron chi connectivity index (χ1n) is 12.6. The van der Waals surface area contributed by atoms with Crippen LogP contribution in [0.4, 0.5) is 0 Å². The van der Waals surface area contributed by atoms with Crippen molar-refractivity contribution in [3.05, 3.63) is 53.3 Å². The van der Waals surface area contributed by atoms with Crippen LogP contribution in [0.5, 0.6) is 0 Å². The molecule has 1 N–H and O–H groups in total. The molecule has 4 rings (SSSR count). The molecule has 2 amide bonds. The van der Waals surface area contributed by atoms with Gasteiger partial charge in [0.1, 0.15) is 0 Å². The summed E-state index contributed by atoms with van der Waals surface area (Å²) in [5.74, 6) is 0.0352. The molecule has 0 aliphatic carbocycles. The van der Waals surface area contributed by atoms with Crippen molar-refractivity contribution in [3.8, 4) is 0 Å². The van der Waals surface area contributed by atoms with Crippen molar-refractivity contribution in [1.82, 2.24) is 29.9 Å². The number of aromatic nitrogens is 3. The van der Waals surface area contributed by atoms with Crippen molar-refractivity contribution in [3.63, 3.8) is 0 Å². The summed E-state index contributed by atoms with van der Waals surface area (Å²) in [4.78, 5) is 35.8. The average molecular weight is 509 g/mol. The number of carbonyl (C=O) groups excluding carboxylic acids is 2. The number of thioether (sulfide) groups is 1. The van der Waals surface area contributed by atoms with E-state index in [1.807, 2.05) is 37.1 Å². The Morgan fingerprint density at radius 3 is 2.64 bits per heavy atom. The summed E-state index contributed by atoms with van der Waals surface area (Å²) in [6.07, 6.45) is 3.36. The van der Waals surface area contributed by atoms with E-state index in [1.54, 1.807) is 22.6 Å². The van der Waals surface area contributed by atoms with Crippen LogP contribution in [0, 0.1) is 6.92 Å². The molecule has 1 aromatic carbocycles. The Hall–Kier alpha value is -2.91. The molecule has 3 heterocycles. The lowest BCUT2D eigenvalue weighted by atomic mass is 10.1. The lowest BCUT2D eigenvalue weighted by molar-refractivity contribution is -0.122. The summed E-state index contributed by atoms with van der Waals surface area (Å²) < 4.78 is 1.78. The molecule has 0 radical (unpaired) electrons. The van der Waals surface area contributed by atoms with Gasteiger partial charge in [-0.1, -0.05) is 44.2 Å². The van der Waals surface area contributed by atoms with E-state index in [9.17, 15) is 9.59 Å². The van der Waals surface area contributed by atoms with E-state index in [0.717, 1.165) is 41.0 Å². The number of fused-ring (bicyclic) bond motifs is 1. The predicted molar refractivity (Wildman–Crippen MR) is 144 cm³/mol. The van der Waals surface area contributed by atoms with Crippen LogP contribution in [0.15, 0.2) is 41.4 Å². The largest absolute Gasteiger partial charge is 0.355 e. The van der Waals surface area contributed by atoms with Gasteiger partial charge in [-0.3, -0.25) is 19.2 Å². The second-order valence-corrected chi connectivity index (χ2v) is 11.2. The predicted octanol–water partition coefficient (Wildman–Crippen LogP) is 3.28. The fraction of sp³-hybridized carbons (Fsp3) is 0.481. The Morgan fingerprint density at radius 2 is 1.89 bits per heavy atom. The molecule has 2 aromatic heterocycles. The minimum absolute atomic E-state index is 0.00460. The monoisotopic (exact) mass is 508 g/mol.